The Hall–Kier alpha value is -2.46. The van der Waals surface area contributed by atoms with Crippen LogP contribution in [0.25, 0.3) is 0 Å². The van der Waals surface area contributed by atoms with Gasteiger partial charge in [0.25, 0.3) is 5.91 Å². The van der Waals surface area contributed by atoms with Crippen molar-refractivity contribution in [3.05, 3.63) is 71.3 Å². The van der Waals surface area contributed by atoms with Gasteiger partial charge in [0.05, 0.1) is 0 Å². The zero-order valence-electron chi connectivity index (χ0n) is 14.5. The summed E-state index contributed by atoms with van der Waals surface area (Å²) in [4.78, 5) is 19.7. The number of likely N-dealkylation sites (tertiary alicyclic amines) is 1. The van der Waals surface area contributed by atoms with Crippen molar-refractivity contribution in [2.24, 2.45) is 4.99 Å². The van der Waals surface area contributed by atoms with E-state index in [0.717, 1.165) is 38.0 Å². The van der Waals surface area contributed by atoms with Crippen molar-refractivity contribution >= 4 is 11.6 Å². The molecule has 0 bridgehead atoms. The summed E-state index contributed by atoms with van der Waals surface area (Å²) in [6.45, 7) is 4.96. The lowest BCUT2D eigenvalue weighted by atomic mass is 9.97. The van der Waals surface area contributed by atoms with E-state index in [1.165, 1.54) is 11.1 Å². The summed E-state index contributed by atoms with van der Waals surface area (Å²) >= 11 is 0. The summed E-state index contributed by atoms with van der Waals surface area (Å²) in [5.41, 5.74) is 3.70. The highest BCUT2D eigenvalue weighted by Gasteiger charge is 2.41. The maximum atomic E-state index is 12.4. The lowest BCUT2D eigenvalue weighted by Crippen LogP contribution is -2.50. The van der Waals surface area contributed by atoms with Crippen LogP contribution in [0.1, 0.15) is 29.5 Å². The van der Waals surface area contributed by atoms with Gasteiger partial charge in [0.15, 0.2) is 0 Å². The number of aryl methyl sites for hydroxylation is 1. The first kappa shape index (κ1) is 16.0. The molecule has 2 aromatic carbocycles. The molecule has 4 rings (SSSR count). The molecular weight excluding hydrogens is 310 g/mol. The first-order chi connectivity index (χ1) is 12.1. The van der Waals surface area contributed by atoms with Crippen LogP contribution in [0.3, 0.4) is 0 Å². The fourth-order valence-electron chi connectivity index (χ4n) is 3.62. The van der Waals surface area contributed by atoms with Gasteiger partial charge in [-0.1, -0.05) is 60.2 Å². The fourth-order valence-corrected chi connectivity index (χ4v) is 3.62. The molecule has 1 fully saturated rings. The number of aliphatic imine (C=N–C) groups is 1. The lowest BCUT2D eigenvalue weighted by molar-refractivity contribution is -0.115. The second-order valence-electron chi connectivity index (χ2n) is 7.07. The zero-order chi connectivity index (χ0) is 17.3. The smallest absolute Gasteiger partial charge is 0.272 e. The topological polar surface area (TPSA) is 44.7 Å². The molecule has 1 N–H and O–H groups in total. The van der Waals surface area contributed by atoms with E-state index in [0.29, 0.717) is 5.71 Å². The van der Waals surface area contributed by atoms with E-state index in [1.807, 2.05) is 30.3 Å². The number of carbonyl (C=O) groups excluding carboxylic acids is 1. The zero-order valence-corrected chi connectivity index (χ0v) is 14.5. The molecule has 2 aliphatic heterocycles. The van der Waals surface area contributed by atoms with Crippen molar-refractivity contribution in [1.82, 2.24) is 10.2 Å². The molecule has 1 amide bonds. The quantitative estimate of drug-likeness (QED) is 0.939. The second kappa shape index (κ2) is 6.45. The van der Waals surface area contributed by atoms with Gasteiger partial charge in [0.1, 0.15) is 11.4 Å². The van der Waals surface area contributed by atoms with E-state index in [2.05, 4.69) is 41.4 Å². The summed E-state index contributed by atoms with van der Waals surface area (Å²) in [5.74, 6) is -0.0433. The molecule has 4 heteroatoms. The number of carbonyl (C=O) groups is 1. The number of piperidine rings is 1. The number of rotatable bonds is 3. The van der Waals surface area contributed by atoms with Crippen LogP contribution >= 0.6 is 0 Å². The van der Waals surface area contributed by atoms with Gasteiger partial charge in [0.2, 0.25) is 0 Å². The average molecular weight is 333 g/mol. The van der Waals surface area contributed by atoms with Crippen LogP contribution in [-0.4, -0.2) is 35.3 Å². The molecule has 2 aromatic rings. The molecular formula is C21H23N3O. The summed E-state index contributed by atoms with van der Waals surface area (Å²) in [6, 6.07) is 18.5. The number of hydrogen-bond acceptors (Lipinski definition) is 3. The predicted octanol–water partition coefficient (Wildman–Crippen LogP) is 2.91. The highest BCUT2D eigenvalue weighted by Crippen LogP contribution is 2.29. The maximum Gasteiger partial charge on any atom is 0.272 e. The molecule has 128 valence electrons. The summed E-state index contributed by atoms with van der Waals surface area (Å²) in [7, 11) is 0. The molecule has 25 heavy (non-hydrogen) atoms. The highest BCUT2D eigenvalue weighted by molar-refractivity contribution is 6.46. The van der Waals surface area contributed by atoms with Crippen LogP contribution in [0.2, 0.25) is 0 Å². The van der Waals surface area contributed by atoms with Crippen LogP contribution < -0.4 is 5.32 Å². The molecule has 4 nitrogen and oxygen atoms in total. The standard InChI is InChI=1S/C21H23N3O/c1-16-7-9-17(10-8-16)15-24-13-11-21(12-14-24)22-19(20(25)23-21)18-5-3-2-4-6-18/h2-10H,11-15H2,1H3,(H,23,25). The van der Waals surface area contributed by atoms with E-state index in [1.54, 1.807) is 0 Å². The van der Waals surface area contributed by atoms with Gasteiger partial charge in [-0.2, -0.15) is 0 Å². The first-order valence-corrected chi connectivity index (χ1v) is 8.89. The largest absolute Gasteiger partial charge is 0.326 e. The second-order valence-corrected chi connectivity index (χ2v) is 7.07. The molecule has 1 saturated heterocycles. The van der Waals surface area contributed by atoms with Gasteiger partial charge in [-0.3, -0.25) is 14.7 Å². The van der Waals surface area contributed by atoms with E-state index >= 15 is 0 Å². The van der Waals surface area contributed by atoms with Gasteiger partial charge in [-0.15, -0.1) is 0 Å². The van der Waals surface area contributed by atoms with Gasteiger partial charge in [-0.25, -0.2) is 0 Å². The Balaban J connectivity index is 1.43. The van der Waals surface area contributed by atoms with Crippen molar-refractivity contribution in [2.45, 2.75) is 32.0 Å². The number of hydrogen-bond donors (Lipinski definition) is 1. The van der Waals surface area contributed by atoms with Gasteiger partial charge < -0.3 is 5.32 Å². The normalized spacial score (nSPS) is 19.7. The summed E-state index contributed by atoms with van der Waals surface area (Å²) < 4.78 is 0. The molecule has 0 unspecified atom stereocenters. The van der Waals surface area contributed by atoms with Gasteiger partial charge in [-0.05, 0) is 12.5 Å². The molecule has 0 atom stereocenters. The first-order valence-electron chi connectivity index (χ1n) is 8.89. The van der Waals surface area contributed by atoms with Crippen molar-refractivity contribution in [2.75, 3.05) is 13.1 Å². The Kier molecular flexibility index (Phi) is 4.14. The van der Waals surface area contributed by atoms with E-state index in [-0.39, 0.29) is 5.91 Å². The minimum atomic E-state index is -0.411. The van der Waals surface area contributed by atoms with Crippen LogP contribution in [0.4, 0.5) is 0 Å². The molecule has 1 spiro atoms. The number of benzene rings is 2. The third-order valence-corrected chi connectivity index (χ3v) is 5.14. The molecule has 0 radical (unpaired) electrons. The van der Waals surface area contributed by atoms with E-state index < -0.39 is 5.66 Å². The summed E-state index contributed by atoms with van der Waals surface area (Å²) in [5, 5.41) is 3.14. The van der Waals surface area contributed by atoms with Crippen LogP contribution in [0.15, 0.2) is 59.6 Å². The van der Waals surface area contributed by atoms with Gasteiger partial charge in [0, 0.05) is 38.0 Å². The number of nitrogens with one attached hydrogen (secondary N) is 1. The van der Waals surface area contributed by atoms with Crippen molar-refractivity contribution in [3.63, 3.8) is 0 Å². The van der Waals surface area contributed by atoms with Crippen LogP contribution in [-0.2, 0) is 11.3 Å². The number of nitrogens with zero attached hydrogens (tertiary/aromatic N) is 2. The Morgan fingerprint density at radius 3 is 2.40 bits per heavy atom. The molecule has 0 saturated carbocycles. The molecule has 2 aliphatic rings. The van der Waals surface area contributed by atoms with Crippen LogP contribution in [0.5, 0.6) is 0 Å². The summed E-state index contributed by atoms with van der Waals surface area (Å²) in [6.07, 6.45) is 1.72. The van der Waals surface area contributed by atoms with Crippen molar-refractivity contribution in [3.8, 4) is 0 Å². The van der Waals surface area contributed by atoms with E-state index in [9.17, 15) is 4.79 Å². The Labute approximate surface area is 148 Å². The number of amides is 1. The molecule has 2 heterocycles. The third kappa shape index (κ3) is 3.35. The minimum absolute atomic E-state index is 0.0433. The lowest BCUT2D eigenvalue weighted by Gasteiger charge is -2.37. The van der Waals surface area contributed by atoms with Crippen LogP contribution in [0, 0.1) is 6.92 Å². The molecule has 0 aliphatic carbocycles. The Morgan fingerprint density at radius 1 is 1.04 bits per heavy atom. The van der Waals surface area contributed by atoms with Gasteiger partial charge >= 0.3 is 0 Å². The Morgan fingerprint density at radius 2 is 1.72 bits per heavy atom. The minimum Gasteiger partial charge on any atom is -0.326 e. The van der Waals surface area contributed by atoms with Crippen molar-refractivity contribution < 1.29 is 4.79 Å². The SMILES string of the molecule is Cc1ccc(CN2CCC3(CC2)N=C(c2ccccc2)C(=O)N3)cc1. The fraction of sp³-hybridized carbons (Fsp3) is 0.333. The molecule has 0 aromatic heterocycles. The maximum absolute atomic E-state index is 12.4. The average Bonchev–Trinajstić information content (AvgIpc) is 2.96. The highest BCUT2D eigenvalue weighted by atomic mass is 16.2. The third-order valence-electron chi connectivity index (χ3n) is 5.14. The monoisotopic (exact) mass is 333 g/mol. The van der Waals surface area contributed by atoms with E-state index in [4.69, 9.17) is 4.99 Å². The Bertz CT molecular complexity index is 788. The van der Waals surface area contributed by atoms with Crippen molar-refractivity contribution in [1.29, 1.82) is 0 Å². The predicted molar refractivity (Wildman–Crippen MR) is 99.5 cm³/mol.